The van der Waals surface area contributed by atoms with Crippen LogP contribution in [0.15, 0.2) is 0 Å². The summed E-state index contributed by atoms with van der Waals surface area (Å²) in [6.45, 7) is 8.64. The van der Waals surface area contributed by atoms with Crippen LogP contribution in [0, 0.1) is 5.92 Å². The van der Waals surface area contributed by atoms with Gasteiger partial charge in [0.05, 0.1) is 11.6 Å². The Labute approximate surface area is 154 Å². The van der Waals surface area contributed by atoms with Crippen LogP contribution in [-0.4, -0.2) is 94.5 Å². The summed E-state index contributed by atoms with van der Waals surface area (Å²) in [5, 5.41) is 12.8. The highest BCUT2D eigenvalue weighted by atomic mass is 16.3. The molecule has 8 nitrogen and oxygen atoms in total. The van der Waals surface area contributed by atoms with E-state index in [2.05, 4.69) is 10.2 Å². The molecule has 2 atom stereocenters. The molecule has 3 saturated heterocycles. The number of carbonyl (C=O) groups excluding carboxylic acids is 3. The molecule has 0 aromatic heterocycles. The predicted octanol–water partition coefficient (Wildman–Crippen LogP) is -0.973. The van der Waals surface area contributed by atoms with Gasteiger partial charge in [0.2, 0.25) is 17.7 Å². The van der Waals surface area contributed by atoms with Gasteiger partial charge in [0.15, 0.2) is 0 Å². The fourth-order valence-corrected chi connectivity index (χ4v) is 4.57. The first-order valence-electron chi connectivity index (χ1n) is 9.47. The number of nitrogens with zero attached hydrogens (tertiary/aromatic N) is 3. The molecule has 26 heavy (non-hydrogen) atoms. The fourth-order valence-electron chi connectivity index (χ4n) is 4.57. The van der Waals surface area contributed by atoms with E-state index in [9.17, 15) is 19.5 Å². The van der Waals surface area contributed by atoms with Crippen LogP contribution in [0.3, 0.4) is 0 Å². The second-order valence-corrected chi connectivity index (χ2v) is 8.28. The highest BCUT2D eigenvalue weighted by Gasteiger charge is 2.57. The van der Waals surface area contributed by atoms with Crippen molar-refractivity contribution in [3.8, 4) is 0 Å². The number of β-amino-alcohol motifs (C(OH)–C–C–N with tert-alkyl or cyclic N) is 1. The molecule has 1 spiro atoms. The van der Waals surface area contributed by atoms with Gasteiger partial charge in [-0.25, -0.2) is 0 Å². The summed E-state index contributed by atoms with van der Waals surface area (Å²) >= 11 is 0. The molecule has 0 aromatic rings. The first-order chi connectivity index (χ1) is 12.2. The Morgan fingerprint density at radius 3 is 2.42 bits per heavy atom. The van der Waals surface area contributed by atoms with E-state index in [-0.39, 0.29) is 47.7 Å². The number of hydrogen-bond donors (Lipinski definition) is 2. The molecule has 3 heterocycles. The van der Waals surface area contributed by atoms with Crippen LogP contribution in [0.4, 0.5) is 0 Å². The summed E-state index contributed by atoms with van der Waals surface area (Å²) < 4.78 is 0. The van der Waals surface area contributed by atoms with Gasteiger partial charge in [-0.1, -0.05) is 13.8 Å². The van der Waals surface area contributed by atoms with E-state index in [1.807, 2.05) is 18.7 Å². The van der Waals surface area contributed by atoms with Gasteiger partial charge in [0.1, 0.15) is 0 Å². The molecule has 0 aromatic carbocycles. The standard InChI is InChI=1S/C18H30N4O4/c1-12(2)17(26)20-7-14-6-15(24)8-22(14)18(9-20)10-21(11-18)16(25)4-5-19-13(3)23/h12,14-15,24H,4-11H2,1-3H3,(H,19,23). The Balaban J connectivity index is 1.64. The molecule has 0 saturated carbocycles. The van der Waals surface area contributed by atoms with E-state index in [0.29, 0.717) is 45.7 Å². The van der Waals surface area contributed by atoms with E-state index >= 15 is 0 Å². The lowest BCUT2D eigenvalue weighted by molar-refractivity contribution is -0.163. The van der Waals surface area contributed by atoms with Gasteiger partial charge in [-0.15, -0.1) is 0 Å². The van der Waals surface area contributed by atoms with Crippen LogP contribution in [0.5, 0.6) is 0 Å². The number of aliphatic hydroxyl groups is 1. The summed E-state index contributed by atoms with van der Waals surface area (Å²) in [6.07, 6.45) is 0.603. The van der Waals surface area contributed by atoms with Gasteiger partial charge in [0, 0.05) is 64.6 Å². The van der Waals surface area contributed by atoms with Crippen molar-refractivity contribution in [3.05, 3.63) is 0 Å². The topological polar surface area (TPSA) is 93.2 Å². The molecule has 0 radical (unpaired) electrons. The van der Waals surface area contributed by atoms with Crippen molar-refractivity contribution < 1.29 is 19.5 Å². The number of likely N-dealkylation sites (tertiary alicyclic amines) is 1. The number of aliphatic hydroxyl groups excluding tert-OH is 1. The van der Waals surface area contributed by atoms with Gasteiger partial charge in [0.25, 0.3) is 0 Å². The number of rotatable bonds is 4. The number of hydrogen-bond acceptors (Lipinski definition) is 5. The minimum absolute atomic E-state index is 0.0213. The third kappa shape index (κ3) is 3.57. The molecule has 3 rings (SSSR count). The molecule has 146 valence electrons. The average molecular weight is 366 g/mol. The Morgan fingerprint density at radius 2 is 1.81 bits per heavy atom. The van der Waals surface area contributed by atoms with E-state index in [4.69, 9.17) is 0 Å². The molecule has 3 fully saturated rings. The maximum Gasteiger partial charge on any atom is 0.225 e. The summed E-state index contributed by atoms with van der Waals surface area (Å²) in [6, 6.07) is 0.165. The Bertz CT molecular complexity index is 588. The fraction of sp³-hybridized carbons (Fsp3) is 0.833. The Kier molecular flexibility index (Phi) is 5.25. The largest absolute Gasteiger partial charge is 0.392 e. The molecule has 0 aliphatic carbocycles. The lowest BCUT2D eigenvalue weighted by Crippen LogP contribution is -2.79. The van der Waals surface area contributed by atoms with Crippen LogP contribution >= 0.6 is 0 Å². The summed E-state index contributed by atoms with van der Waals surface area (Å²) in [5.74, 6) is -0.0314. The van der Waals surface area contributed by atoms with Crippen molar-refractivity contribution in [1.82, 2.24) is 20.0 Å². The highest BCUT2D eigenvalue weighted by Crippen LogP contribution is 2.39. The Morgan fingerprint density at radius 1 is 1.15 bits per heavy atom. The minimum Gasteiger partial charge on any atom is -0.392 e. The average Bonchev–Trinajstić information content (AvgIpc) is 2.90. The Hall–Kier alpha value is -1.67. The highest BCUT2D eigenvalue weighted by molar-refractivity contribution is 5.80. The third-order valence-corrected chi connectivity index (χ3v) is 5.76. The summed E-state index contributed by atoms with van der Waals surface area (Å²) in [5.41, 5.74) is -0.241. The van der Waals surface area contributed by atoms with Gasteiger partial charge in [-0.2, -0.15) is 0 Å². The number of amides is 3. The quantitative estimate of drug-likeness (QED) is 0.668. The van der Waals surface area contributed by atoms with Crippen molar-refractivity contribution in [2.45, 2.75) is 51.3 Å². The van der Waals surface area contributed by atoms with Gasteiger partial charge in [-0.3, -0.25) is 19.3 Å². The first-order valence-corrected chi connectivity index (χ1v) is 9.47. The second-order valence-electron chi connectivity index (χ2n) is 8.28. The molecule has 2 unspecified atom stereocenters. The molecule has 3 aliphatic rings. The van der Waals surface area contributed by atoms with Crippen LogP contribution in [0.2, 0.25) is 0 Å². The maximum atomic E-state index is 12.5. The van der Waals surface area contributed by atoms with E-state index in [1.54, 1.807) is 4.90 Å². The normalized spacial score (nSPS) is 27.4. The molecule has 3 amide bonds. The lowest BCUT2D eigenvalue weighted by Gasteiger charge is -2.61. The molecular formula is C18H30N4O4. The SMILES string of the molecule is CC(=O)NCCC(=O)N1CC2(C1)CN(C(=O)C(C)C)CC1CC(O)CN12. The zero-order valence-electron chi connectivity index (χ0n) is 15.9. The molecular weight excluding hydrogens is 336 g/mol. The van der Waals surface area contributed by atoms with E-state index < -0.39 is 0 Å². The van der Waals surface area contributed by atoms with Crippen molar-refractivity contribution in [3.63, 3.8) is 0 Å². The summed E-state index contributed by atoms with van der Waals surface area (Å²) in [4.78, 5) is 41.8. The van der Waals surface area contributed by atoms with Crippen LogP contribution in [0.1, 0.15) is 33.6 Å². The molecule has 0 bridgehead atoms. The zero-order chi connectivity index (χ0) is 19.1. The first kappa shape index (κ1) is 19.1. The van der Waals surface area contributed by atoms with Gasteiger partial charge < -0.3 is 20.2 Å². The van der Waals surface area contributed by atoms with Gasteiger partial charge in [-0.05, 0) is 6.42 Å². The molecule has 3 aliphatic heterocycles. The third-order valence-electron chi connectivity index (χ3n) is 5.76. The number of piperazine rings is 1. The van der Waals surface area contributed by atoms with Crippen molar-refractivity contribution in [2.24, 2.45) is 5.92 Å². The number of fused-ring (bicyclic) bond motifs is 2. The van der Waals surface area contributed by atoms with Crippen LogP contribution in [0.25, 0.3) is 0 Å². The van der Waals surface area contributed by atoms with Crippen molar-refractivity contribution in [2.75, 3.05) is 39.3 Å². The monoisotopic (exact) mass is 366 g/mol. The molecule has 2 N–H and O–H groups in total. The van der Waals surface area contributed by atoms with Crippen LogP contribution < -0.4 is 5.32 Å². The molecule has 8 heteroatoms. The lowest BCUT2D eigenvalue weighted by atomic mass is 9.83. The number of carbonyl (C=O) groups is 3. The number of nitrogens with one attached hydrogen (secondary N) is 1. The minimum atomic E-state index is -0.365. The zero-order valence-corrected chi connectivity index (χ0v) is 15.9. The van der Waals surface area contributed by atoms with Crippen molar-refractivity contribution in [1.29, 1.82) is 0 Å². The smallest absolute Gasteiger partial charge is 0.225 e. The summed E-state index contributed by atoms with van der Waals surface area (Å²) in [7, 11) is 0. The van der Waals surface area contributed by atoms with Crippen LogP contribution in [-0.2, 0) is 14.4 Å². The maximum absolute atomic E-state index is 12.5. The van der Waals surface area contributed by atoms with E-state index in [0.717, 1.165) is 0 Å². The predicted molar refractivity (Wildman–Crippen MR) is 95.1 cm³/mol. The second kappa shape index (κ2) is 7.15. The van der Waals surface area contributed by atoms with Crippen molar-refractivity contribution >= 4 is 17.7 Å². The van der Waals surface area contributed by atoms with E-state index in [1.165, 1.54) is 6.92 Å². The van der Waals surface area contributed by atoms with Gasteiger partial charge >= 0.3 is 0 Å².